The molecule has 0 bridgehead atoms. The van der Waals surface area contributed by atoms with Crippen LogP contribution >= 0.6 is 11.3 Å². The molecule has 0 saturated carbocycles. The fourth-order valence-electron chi connectivity index (χ4n) is 1.63. The largest absolute Gasteiger partial charge is 0.323 e. The van der Waals surface area contributed by atoms with Crippen LogP contribution < -0.4 is 5.32 Å². The fourth-order valence-corrected chi connectivity index (χ4v) is 2.19. The van der Waals surface area contributed by atoms with E-state index in [-0.39, 0.29) is 5.91 Å². The van der Waals surface area contributed by atoms with Crippen molar-refractivity contribution in [1.29, 1.82) is 0 Å². The Labute approximate surface area is 103 Å². The number of aryl methyl sites for hydroxylation is 2. The number of nitrogens with one attached hydrogen (secondary N) is 1. The number of hydrogen-bond acceptors (Lipinski definition) is 4. The molecule has 2 aromatic heterocycles. The Balaban J connectivity index is 2.08. The van der Waals surface area contributed by atoms with Crippen LogP contribution in [-0.2, 0) is 18.3 Å². The molecule has 1 amide bonds. The molecule has 0 aliphatic rings. The molecule has 2 heterocycles. The minimum atomic E-state index is -0.0601. The van der Waals surface area contributed by atoms with Crippen molar-refractivity contribution in [2.45, 2.75) is 20.3 Å². The van der Waals surface area contributed by atoms with E-state index >= 15 is 0 Å². The lowest BCUT2D eigenvalue weighted by Crippen LogP contribution is -2.15. The number of carbonyl (C=O) groups excluding carboxylic acids is 1. The van der Waals surface area contributed by atoms with Gasteiger partial charge in [0, 0.05) is 12.4 Å². The number of anilines is 1. The Morgan fingerprint density at radius 2 is 2.29 bits per heavy atom. The molecule has 0 radical (unpaired) electrons. The molecule has 17 heavy (non-hydrogen) atoms. The van der Waals surface area contributed by atoms with Gasteiger partial charge in [0.2, 0.25) is 5.91 Å². The van der Waals surface area contributed by atoms with Crippen LogP contribution in [0.5, 0.6) is 0 Å². The maximum Gasteiger partial charge on any atom is 0.230 e. The first-order valence-corrected chi connectivity index (χ1v) is 6.19. The van der Waals surface area contributed by atoms with Crippen LogP contribution in [0.2, 0.25) is 0 Å². The second-order valence-electron chi connectivity index (χ2n) is 3.87. The molecular formula is C11H14N4OS. The van der Waals surface area contributed by atoms with Crippen LogP contribution in [0.15, 0.2) is 10.9 Å². The van der Waals surface area contributed by atoms with Crippen molar-refractivity contribution in [3.8, 4) is 0 Å². The molecule has 0 aliphatic carbocycles. The smallest absolute Gasteiger partial charge is 0.230 e. The van der Waals surface area contributed by atoms with Gasteiger partial charge in [-0.1, -0.05) is 0 Å². The average Bonchev–Trinajstić information content (AvgIpc) is 2.83. The number of hydrogen-bond donors (Lipinski definition) is 1. The first-order chi connectivity index (χ1) is 8.08. The van der Waals surface area contributed by atoms with Gasteiger partial charge in [-0.05, 0) is 13.8 Å². The molecule has 1 N–H and O–H groups in total. The summed E-state index contributed by atoms with van der Waals surface area (Å²) < 4.78 is 1.76. The summed E-state index contributed by atoms with van der Waals surface area (Å²) in [5.41, 5.74) is 5.11. The predicted octanol–water partition coefficient (Wildman–Crippen LogP) is 1.67. The lowest BCUT2D eigenvalue weighted by atomic mass is 10.2. The van der Waals surface area contributed by atoms with Crippen LogP contribution in [-0.4, -0.2) is 20.7 Å². The van der Waals surface area contributed by atoms with Crippen molar-refractivity contribution >= 4 is 22.9 Å². The van der Waals surface area contributed by atoms with Gasteiger partial charge in [-0.15, -0.1) is 11.3 Å². The molecule has 5 nitrogen and oxygen atoms in total. The van der Waals surface area contributed by atoms with E-state index in [1.807, 2.05) is 26.3 Å². The second-order valence-corrected chi connectivity index (χ2v) is 4.59. The third-order valence-electron chi connectivity index (χ3n) is 2.60. The van der Waals surface area contributed by atoms with Crippen molar-refractivity contribution in [1.82, 2.24) is 14.8 Å². The van der Waals surface area contributed by atoms with Crippen LogP contribution in [0, 0.1) is 13.8 Å². The molecule has 0 unspecified atom stereocenters. The van der Waals surface area contributed by atoms with E-state index in [0.717, 1.165) is 22.8 Å². The maximum absolute atomic E-state index is 11.8. The fraction of sp³-hybridized carbons (Fsp3) is 0.364. The summed E-state index contributed by atoms with van der Waals surface area (Å²) >= 11 is 1.49. The highest BCUT2D eigenvalue weighted by molar-refractivity contribution is 7.07. The number of thiazole rings is 1. The Hall–Kier alpha value is -1.69. The van der Waals surface area contributed by atoms with Crippen molar-refractivity contribution in [3.63, 3.8) is 0 Å². The molecule has 0 fully saturated rings. The summed E-state index contributed by atoms with van der Waals surface area (Å²) in [6.45, 7) is 3.81. The van der Waals surface area contributed by atoms with Gasteiger partial charge in [0.1, 0.15) is 0 Å². The Morgan fingerprint density at radius 1 is 1.53 bits per heavy atom. The lowest BCUT2D eigenvalue weighted by Gasteiger charge is -2.04. The first kappa shape index (κ1) is 11.8. The highest BCUT2D eigenvalue weighted by Gasteiger charge is 2.13. The summed E-state index contributed by atoms with van der Waals surface area (Å²) in [6, 6.07) is 0. The van der Waals surface area contributed by atoms with Gasteiger partial charge in [-0.3, -0.25) is 9.48 Å². The van der Waals surface area contributed by atoms with Crippen LogP contribution in [0.25, 0.3) is 0 Å². The molecule has 0 atom stereocenters. The standard InChI is InChI=1S/C11H14N4OS/c1-7-11(8(2)15(3)14-7)13-10(16)4-9-5-17-6-12-9/h5-6H,4H2,1-3H3,(H,13,16). The lowest BCUT2D eigenvalue weighted by molar-refractivity contribution is -0.115. The number of carbonyl (C=O) groups is 1. The molecular weight excluding hydrogens is 236 g/mol. The van der Waals surface area contributed by atoms with E-state index in [1.165, 1.54) is 11.3 Å². The van der Waals surface area contributed by atoms with Gasteiger partial charge in [-0.25, -0.2) is 4.98 Å². The normalized spacial score (nSPS) is 10.5. The third kappa shape index (κ3) is 2.52. The molecule has 2 aromatic rings. The van der Waals surface area contributed by atoms with Crippen molar-refractivity contribution < 1.29 is 4.79 Å². The number of aromatic nitrogens is 3. The third-order valence-corrected chi connectivity index (χ3v) is 3.23. The van der Waals surface area contributed by atoms with E-state index < -0.39 is 0 Å². The summed E-state index contributed by atoms with van der Waals surface area (Å²) in [4.78, 5) is 15.9. The molecule has 0 aromatic carbocycles. The molecule has 6 heteroatoms. The minimum absolute atomic E-state index is 0.0601. The van der Waals surface area contributed by atoms with Crippen molar-refractivity contribution in [2.24, 2.45) is 7.05 Å². The zero-order valence-corrected chi connectivity index (χ0v) is 10.8. The quantitative estimate of drug-likeness (QED) is 0.901. The van der Waals surface area contributed by atoms with Crippen molar-refractivity contribution in [2.75, 3.05) is 5.32 Å². The highest BCUT2D eigenvalue weighted by atomic mass is 32.1. The average molecular weight is 250 g/mol. The molecule has 0 spiro atoms. The molecule has 0 saturated heterocycles. The van der Waals surface area contributed by atoms with Gasteiger partial charge in [0.15, 0.2) is 0 Å². The minimum Gasteiger partial charge on any atom is -0.323 e. The summed E-state index contributed by atoms with van der Waals surface area (Å²) in [6.07, 6.45) is 0.303. The Morgan fingerprint density at radius 3 is 2.82 bits per heavy atom. The Bertz CT molecular complexity index is 530. The van der Waals surface area contributed by atoms with Gasteiger partial charge >= 0.3 is 0 Å². The van der Waals surface area contributed by atoms with Crippen LogP contribution in [0.4, 0.5) is 5.69 Å². The zero-order chi connectivity index (χ0) is 12.4. The second kappa shape index (κ2) is 4.67. The zero-order valence-electron chi connectivity index (χ0n) is 10.0. The van der Waals surface area contributed by atoms with Gasteiger partial charge < -0.3 is 5.32 Å². The van der Waals surface area contributed by atoms with Gasteiger partial charge in [-0.2, -0.15) is 5.10 Å². The van der Waals surface area contributed by atoms with E-state index in [4.69, 9.17) is 0 Å². The maximum atomic E-state index is 11.8. The van der Waals surface area contributed by atoms with Gasteiger partial charge in [0.05, 0.1) is 34.7 Å². The van der Waals surface area contributed by atoms with E-state index in [1.54, 1.807) is 10.2 Å². The predicted molar refractivity (Wildman–Crippen MR) is 67.1 cm³/mol. The SMILES string of the molecule is Cc1nn(C)c(C)c1NC(=O)Cc1cscn1. The number of amides is 1. The van der Waals surface area contributed by atoms with E-state index in [9.17, 15) is 4.79 Å². The molecule has 2 rings (SSSR count). The molecule has 0 aliphatic heterocycles. The van der Waals surface area contributed by atoms with Crippen LogP contribution in [0.1, 0.15) is 17.1 Å². The monoisotopic (exact) mass is 250 g/mol. The first-order valence-electron chi connectivity index (χ1n) is 5.25. The van der Waals surface area contributed by atoms with Crippen LogP contribution in [0.3, 0.4) is 0 Å². The highest BCUT2D eigenvalue weighted by Crippen LogP contribution is 2.18. The van der Waals surface area contributed by atoms with E-state index in [2.05, 4.69) is 15.4 Å². The van der Waals surface area contributed by atoms with E-state index in [0.29, 0.717) is 6.42 Å². The van der Waals surface area contributed by atoms with Gasteiger partial charge in [0.25, 0.3) is 0 Å². The van der Waals surface area contributed by atoms with Crippen molar-refractivity contribution in [3.05, 3.63) is 28.0 Å². The topological polar surface area (TPSA) is 59.8 Å². The summed E-state index contributed by atoms with van der Waals surface area (Å²) in [7, 11) is 1.86. The number of nitrogens with zero attached hydrogens (tertiary/aromatic N) is 3. The molecule has 90 valence electrons. The Kier molecular flexibility index (Phi) is 3.23. The summed E-state index contributed by atoms with van der Waals surface area (Å²) in [5.74, 6) is -0.0601. The number of rotatable bonds is 3. The summed E-state index contributed by atoms with van der Waals surface area (Å²) in [5, 5.41) is 9.01.